The molecule has 0 fully saturated rings. The molecule has 0 radical (unpaired) electrons. The largest absolute Gasteiger partial charge is 0.383 e. The maximum Gasteiger partial charge on any atom is 0.276 e. The van der Waals surface area contributed by atoms with E-state index in [0.29, 0.717) is 18.7 Å². The molecule has 0 atom stereocenters. The van der Waals surface area contributed by atoms with Crippen LogP contribution in [-0.2, 0) is 4.74 Å². The molecule has 5 heteroatoms. The summed E-state index contributed by atoms with van der Waals surface area (Å²) in [5.74, 6) is 0. The van der Waals surface area contributed by atoms with Gasteiger partial charge in [-0.3, -0.25) is 10.1 Å². The van der Waals surface area contributed by atoms with Crippen LogP contribution >= 0.6 is 0 Å². The third kappa shape index (κ3) is 4.65. The van der Waals surface area contributed by atoms with Gasteiger partial charge in [0.25, 0.3) is 5.69 Å². The molecular weight excluding hydrogens is 232 g/mol. The highest BCUT2D eigenvalue weighted by Crippen LogP contribution is 2.20. The number of hydrogen-bond acceptors (Lipinski definition) is 4. The van der Waals surface area contributed by atoms with Gasteiger partial charge in [-0.25, -0.2) is 0 Å². The maximum atomic E-state index is 10.8. The first-order chi connectivity index (χ1) is 8.65. The van der Waals surface area contributed by atoms with Gasteiger partial charge in [0.2, 0.25) is 0 Å². The van der Waals surface area contributed by atoms with E-state index in [1.807, 2.05) is 13.0 Å². The van der Waals surface area contributed by atoms with E-state index in [-0.39, 0.29) is 10.6 Å². The van der Waals surface area contributed by atoms with E-state index in [2.05, 4.69) is 5.32 Å². The average Bonchev–Trinajstić information content (AvgIpc) is 2.35. The molecule has 18 heavy (non-hydrogen) atoms. The van der Waals surface area contributed by atoms with Gasteiger partial charge in [-0.05, 0) is 19.1 Å². The Morgan fingerprint density at radius 1 is 1.50 bits per heavy atom. The first kappa shape index (κ1) is 14.3. The molecule has 0 spiro atoms. The fourth-order valence-corrected chi connectivity index (χ4v) is 1.55. The molecule has 0 bridgehead atoms. The minimum Gasteiger partial charge on any atom is -0.383 e. The molecule has 1 aromatic carbocycles. The second-order valence-corrected chi connectivity index (χ2v) is 3.98. The summed E-state index contributed by atoms with van der Waals surface area (Å²) < 4.78 is 4.92. The van der Waals surface area contributed by atoms with E-state index < -0.39 is 0 Å². The topological polar surface area (TPSA) is 64.4 Å². The molecule has 0 aliphatic rings. The number of rotatable bonds is 7. The lowest BCUT2D eigenvalue weighted by Gasteiger charge is -2.04. The molecule has 0 heterocycles. The van der Waals surface area contributed by atoms with E-state index in [1.165, 1.54) is 6.07 Å². The summed E-state index contributed by atoms with van der Waals surface area (Å²) in [5.41, 5.74) is 1.81. The van der Waals surface area contributed by atoms with Gasteiger partial charge in [-0.15, -0.1) is 0 Å². The summed E-state index contributed by atoms with van der Waals surface area (Å²) >= 11 is 0. The van der Waals surface area contributed by atoms with Crippen molar-refractivity contribution in [2.75, 3.05) is 26.8 Å². The molecule has 0 saturated carbocycles. The van der Waals surface area contributed by atoms with Crippen molar-refractivity contribution in [1.29, 1.82) is 0 Å². The molecule has 98 valence electrons. The zero-order chi connectivity index (χ0) is 13.4. The van der Waals surface area contributed by atoms with E-state index in [9.17, 15) is 10.1 Å². The van der Waals surface area contributed by atoms with Crippen LogP contribution in [0.5, 0.6) is 0 Å². The Morgan fingerprint density at radius 3 is 2.89 bits per heavy atom. The Morgan fingerprint density at radius 2 is 2.22 bits per heavy atom. The fraction of sp³-hybridized carbons (Fsp3) is 0.385. The molecule has 5 nitrogen and oxygen atoms in total. The van der Waals surface area contributed by atoms with Crippen LogP contribution in [0, 0.1) is 10.1 Å². The Bertz CT molecular complexity index is 430. The minimum absolute atomic E-state index is 0.133. The standard InChI is InChI=1S/C13H18N2O3/c1-11(10-14-7-8-18-2)9-12-5-3-4-6-13(12)15(16)17/h3-6,9,14H,7-8,10H2,1-2H3. The third-order valence-electron chi connectivity index (χ3n) is 2.42. The summed E-state index contributed by atoms with van der Waals surface area (Å²) in [6.45, 7) is 4.04. The Hall–Kier alpha value is -1.72. The monoisotopic (exact) mass is 250 g/mol. The molecule has 1 N–H and O–H groups in total. The summed E-state index contributed by atoms with van der Waals surface area (Å²) in [6, 6.07) is 6.72. The number of hydrogen-bond donors (Lipinski definition) is 1. The Balaban J connectivity index is 2.67. The molecule has 0 aromatic heterocycles. The van der Waals surface area contributed by atoms with Crippen LogP contribution in [0.1, 0.15) is 12.5 Å². The second-order valence-electron chi connectivity index (χ2n) is 3.98. The number of ether oxygens (including phenoxy) is 1. The highest BCUT2D eigenvalue weighted by atomic mass is 16.6. The molecule has 1 rings (SSSR count). The highest BCUT2D eigenvalue weighted by Gasteiger charge is 2.09. The van der Waals surface area contributed by atoms with Crippen molar-refractivity contribution < 1.29 is 9.66 Å². The fourth-order valence-electron chi connectivity index (χ4n) is 1.55. The normalized spacial score (nSPS) is 11.6. The predicted molar refractivity (Wildman–Crippen MR) is 71.5 cm³/mol. The summed E-state index contributed by atoms with van der Waals surface area (Å²) in [6.07, 6.45) is 1.83. The molecule has 0 amide bonds. The second kappa shape index (κ2) is 7.58. The van der Waals surface area contributed by atoms with E-state index in [0.717, 1.165) is 12.1 Å². The predicted octanol–water partition coefficient (Wildman–Crippen LogP) is 2.23. The summed E-state index contributed by atoms with van der Waals surface area (Å²) in [7, 11) is 1.65. The molecule has 1 aromatic rings. The first-order valence-corrected chi connectivity index (χ1v) is 5.75. The van der Waals surface area contributed by atoms with Crippen LogP contribution in [0.3, 0.4) is 0 Å². The first-order valence-electron chi connectivity index (χ1n) is 5.75. The van der Waals surface area contributed by atoms with E-state index >= 15 is 0 Å². The maximum absolute atomic E-state index is 10.8. The number of para-hydroxylation sites is 1. The SMILES string of the molecule is COCCNCC(C)=Cc1ccccc1[N+](=O)[O-]. The van der Waals surface area contributed by atoms with Gasteiger partial charge >= 0.3 is 0 Å². The van der Waals surface area contributed by atoms with Crippen molar-refractivity contribution in [3.63, 3.8) is 0 Å². The van der Waals surface area contributed by atoms with Gasteiger partial charge in [0, 0.05) is 26.3 Å². The van der Waals surface area contributed by atoms with Crippen molar-refractivity contribution in [2.45, 2.75) is 6.92 Å². The molecule has 0 saturated heterocycles. The van der Waals surface area contributed by atoms with Gasteiger partial charge in [0.05, 0.1) is 17.1 Å². The zero-order valence-corrected chi connectivity index (χ0v) is 10.7. The van der Waals surface area contributed by atoms with Crippen molar-refractivity contribution >= 4 is 11.8 Å². The smallest absolute Gasteiger partial charge is 0.276 e. The van der Waals surface area contributed by atoms with Crippen LogP contribution in [0.4, 0.5) is 5.69 Å². The number of nitrogens with one attached hydrogen (secondary N) is 1. The number of nitro groups is 1. The summed E-state index contributed by atoms with van der Waals surface area (Å²) in [4.78, 5) is 10.5. The lowest BCUT2D eigenvalue weighted by Crippen LogP contribution is -2.20. The minimum atomic E-state index is -0.364. The Labute approximate surface area is 107 Å². The molecule has 0 aliphatic carbocycles. The highest BCUT2D eigenvalue weighted by molar-refractivity contribution is 5.62. The Kier molecular flexibility index (Phi) is 6.04. The van der Waals surface area contributed by atoms with Gasteiger partial charge in [-0.2, -0.15) is 0 Å². The molecular formula is C13H18N2O3. The van der Waals surface area contributed by atoms with Crippen LogP contribution in [0.25, 0.3) is 6.08 Å². The third-order valence-corrected chi connectivity index (χ3v) is 2.42. The lowest BCUT2D eigenvalue weighted by molar-refractivity contribution is -0.385. The summed E-state index contributed by atoms with van der Waals surface area (Å²) in [5, 5.41) is 14.0. The average molecular weight is 250 g/mol. The van der Waals surface area contributed by atoms with Crippen molar-refractivity contribution in [2.24, 2.45) is 0 Å². The van der Waals surface area contributed by atoms with Crippen molar-refractivity contribution in [1.82, 2.24) is 5.32 Å². The van der Waals surface area contributed by atoms with Crippen LogP contribution in [-0.4, -0.2) is 31.7 Å². The van der Waals surface area contributed by atoms with Gasteiger partial charge < -0.3 is 10.1 Å². The van der Waals surface area contributed by atoms with E-state index in [1.54, 1.807) is 25.3 Å². The zero-order valence-electron chi connectivity index (χ0n) is 10.7. The van der Waals surface area contributed by atoms with Gasteiger partial charge in [0.1, 0.15) is 0 Å². The number of nitrogens with zero attached hydrogens (tertiary/aromatic N) is 1. The van der Waals surface area contributed by atoms with Crippen LogP contribution in [0.2, 0.25) is 0 Å². The lowest BCUT2D eigenvalue weighted by atomic mass is 10.1. The van der Waals surface area contributed by atoms with Crippen LogP contribution < -0.4 is 5.32 Å². The van der Waals surface area contributed by atoms with Gasteiger partial charge in [0.15, 0.2) is 0 Å². The quantitative estimate of drug-likeness (QED) is 0.458. The molecule has 0 unspecified atom stereocenters. The molecule has 0 aliphatic heterocycles. The van der Waals surface area contributed by atoms with E-state index in [4.69, 9.17) is 4.74 Å². The number of methoxy groups -OCH3 is 1. The number of benzene rings is 1. The van der Waals surface area contributed by atoms with Crippen LogP contribution in [0.15, 0.2) is 29.8 Å². The van der Waals surface area contributed by atoms with Crippen molar-refractivity contribution in [3.05, 3.63) is 45.5 Å². The number of nitro benzene ring substituents is 1. The van der Waals surface area contributed by atoms with Gasteiger partial charge in [-0.1, -0.05) is 17.7 Å². The van der Waals surface area contributed by atoms with Crippen molar-refractivity contribution in [3.8, 4) is 0 Å².